The van der Waals surface area contributed by atoms with Crippen LogP contribution in [0.1, 0.15) is 36.2 Å². The highest BCUT2D eigenvalue weighted by Gasteiger charge is 2.28. The van der Waals surface area contributed by atoms with Crippen LogP contribution in [0.25, 0.3) is 22.3 Å². The predicted molar refractivity (Wildman–Crippen MR) is 150 cm³/mol. The lowest BCUT2D eigenvalue weighted by Gasteiger charge is -2.32. The summed E-state index contributed by atoms with van der Waals surface area (Å²) in [5.74, 6) is 0.922. The van der Waals surface area contributed by atoms with E-state index in [1.807, 2.05) is 65.2 Å². The molecule has 1 saturated heterocycles. The van der Waals surface area contributed by atoms with Crippen molar-refractivity contribution in [2.24, 2.45) is 0 Å². The van der Waals surface area contributed by atoms with Crippen molar-refractivity contribution in [3.63, 3.8) is 0 Å². The normalized spacial score (nSPS) is 16.4. The number of nitrogens with zero attached hydrogens (tertiary/aromatic N) is 6. The number of benzene rings is 2. The van der Waals surface area contributed by atoms with Gasteiger partial charge in [-0.05, 0) is 37.6 Å². The molecule has 10 heteroatoms. The maximum Gasteiger partial charge on any atom is 0.246 e. The van der Waals surface area contributed by atoms with Crippen LogP contribution in [0.3, 0.4) is 0 Å². The lowest BCUT2D eigenvalue weighted by Crippen LogP contribution is -2.40. The van der Waals surface area contributed by atoms with Gasteiger partial charge in [-0.25, -0.2) is 14.6 Å². The zero-order valence-electron chi connectivity index (χ0n) is 22.2. The Kier molecular flexibility index (Phi) is 7.58. The summed E-state index contributed by atoms with van der Waals surface area (Å²) in [5, 5.41) is 16.6. The van der Waals surface area contributed by atoms with Crippen molar-refractivity contribution in [2.75, 3.05) is 33.0 Å². The number of carbonyl (C=O) groups is 1. The number of piperidine rings is 1. The van der Waals surface area contributed by atoms with Crippen molar-refractivity contribution >= 4 is 22.8 Å². The summed E-state index contributed by atoms with van der Waals surface area (Å²) in [6.45, 7) is 5.38. The molecule has 0 bridgehead atoms. The number of anilines is 1. The molecule has 1 aliphatic rings. The van der Waals surface area contributed by atoms with E-state index < -0.39 is 6.23 Å². The Balaban J connectivity index is 1.41. The molecule has 0 radical (unpaired) electrons. The van der Waals surface area contributed by atoms with E-state index in [4.69, 9.17) is 15.6 Å². The molecule has 3 N–H and O–H groups in total. The van der Waals surface area contributed by atoms with Crippen molar-refractivity contribution in [3.8, 4) is 17.0 Å². The fraction of sp³-hybridized carbons (Fsp3) is 0.310. The third-order valence-corrected chi connectivity index (χ3v) is 7.24. The zero-order valence-corrected chi connectivity index (χ0v) is 22.2. The molecule has 3 heterocycles. The number of nitrogens with two attached hydrogens (primary N) is 1. The quantitative estimate of drug-likeness (QED) is 0.263. The second kappa shape index (κ2) is 11.2. The highest BCUT2D eigenvalue weighted by molar-refractivity contribution is 5.98. The molecule has 1 aliphatic heterocycles. The van der Waals surface area contributed by atoms with Gasteiger partial charge in [0.05, 0.1) is 18.5 Å². The second-order valence-corrected chi connectivity index (χ2v) is 9.76. The number of nitrogen functional groups attached to an aromatic ring is 1. The van der Waals surface area contributed by atoms with Crippen LogP contribution in [0.2, 0.25) is 0 Å². The number of carbonyl (C=O) groups excluding carboxylic acids is 1. The number of rotatable bonds is 8. The first-order valence-electron chi connectivity index (χ1n) is 12.9. The van der Waals surface area contributed by atoms with Gasteiger partial charge in [-0.2, -0.15) is 5.10 Å². The third kappa shape index (κ3) is 5.21. The molecule has 0 saturated carbocycles. The molecule has 2 aromatic carbocycles. The average molecular weight is 528 g/mol. The number of aromatic nitrogens is 4. The largest absolute Gasteiger partial charge is 0.496 e. The minimum absolute atomic E-state index is 0.0300. The SMILES string of the molecule is C=CC(=O)N1CCCC(n2nc(-c3ccc(CN(C)C(O)c4ccccc4OC)cc3)c3c(N)ncnc32)C1. The summed E-state index contributed by atoms with van der Waals surface area (Å²) < 4.78 is 7.29. The summed E-state index contributed by atoms with van der Waals surface area (Å²) in [5.41, 5.74) is 10.3. The number of para-hydroxylation sites is 1. The first-order chi connectivity index (χ1) is 18.9. The van der Waals surface area contributed by atoms with Gasteiger partial charge in [0.15, 0.2) is 5.65 Å². The molecule has 10 nitrogen and oxygen atoms in total. The second-order valence-electron chi connectivity index (χ2n) is 9.76. The van der Waals surface area contributed by atoms with Gasteiger partial charge in [0.2, 0.25) is 5.91 Å². The van der Waals surface area contributed by atoms with Crippen molar-refractivity contribution in [2.45, 2.75) is 31.7 Å². The molecule has 4 aromatic rings. The number of likely N-dealkylation sites (tertiary alicyclic amines) is 1. The van der Waals surface area contributed by atoms with Crippen LogP contribution in [-0.2, 0) is 11.3 Å². The van der Waals surface area contributed by atoms with Crippen LogP contribution in [-0.4, -0.2) is 67.8 Å². The van der Waals surface area contributed by atoms with E-state index in [0.717, 1.165) is 24.0 Å². The number of methoxy groups -OCH3 is 1. The van der Waals surface area contributed by atoms with E-state index in [1.54, 1.807) is 12.0 Å². The molecule has 202 valence electrons. The van der Waals surface area contributed by atoms with Crippen molar-refractivity contribution in [1.29, 1.82) is 0 Å². The molecule has 1 fully saturated rings. The molecule has 0 aliphatic carbocycles. The highest BCUT2D eigenvalue weighted by Crippen LogP contribution is 2.34. The van der Waals surface area contributed by atoms with Crippen LogP contribution < -0.4 is 10.5 Å². The fourth-order valence-corrected chi connectivity index (χ4v) is 5.20. The lowest BCUT2D eigenvalue weighted by molar-refractivity contribution is -0.127. The van der Waals surface area contributed by atoms with Crippen LogP contribution in [0.15, 0.2) is 67.5 Å². The summed E-state index contributed by atoms with van der Waals surface area (Å²) in [6, 6.07) is 15.4. The average Bonchev–Trinajstić information content (AvgIpc) is 3.37. The van der Waals surface area contributed by atoms with E-state index in [1.165, 1.54) is 12.4 Å². The molecule has 5 rings (SSSR count). The molecule has 2 unspecified atom stereocenters. The topological polar surface area (TPSA) is 123 Å². The Hall–Kier alpha value is -4.28. The molecular formula is C29H33N7O3. The number of hydrogen-bond acceptors (Lipinski definition) is 8. The smallest absolute Gasteiger partial charge is 0.246 e. The highest BCUT2D eigenvalue weighted by atomic mass is 16.5. The van der Waals surface area contributed by atoms with Crippen LogP contribution in [0.4, 0.5) is 5.82 Å². The maximum absolute atomic E-state index is 12.3. The van der Waals surface area contributed by atoms with Crippen molar-refractivity contribution in [3.05, 3.63) is 78.6 Å². The Morgan fingerprint density at radius 1 is 1.26 bits per heavy atom. The minimum Gasteiger partial charge on any atom is -0.496 e. The summed E-state index contributed by atoms with van der Waals surface area (Å²) in [4.78, 5) is 24.6. The number of fused-ring (bicyclic) bond motifs is 1. The molecular weight excluding hydrogens is 494 g/mol. The molecule has 39 heavy (non-hydrogen) atoms. The number of aliphatic hydroxyl groups is 1. The number of amides is 1. The van der Waals surface area contributed by atoms with Crippen LogP contribution in [0.5, 0.6) is 5.75 Å². The Bertz CT molecular complexity index is 1480. The first kappa shape index (κ1) is 26.3. The van der Waals surface area contributed by atoms with Crippen LogP contribution in [0, 0.1) is 0 Å². The van der Waals surface area contributed by atoms with Crippen molar-refractivity contribution in [1.82, 2.24) is 29.5 Å². The molecule has 2 atom stereocenters. The van der Waals surface area contributed by atoms with Gasteiger partial charge in [0.25, 0.3) is 0 Å². The Morgan fingerprint density at radius 3 is 2.77 bits per heavy atom. The Morgan fingerprint density at radius 2 is 2.03 bits per heavy atom. The number of ether oxygens (including phenoxy) is 1. The standard InChI is InChI=1S/C29H33N7O3/c1-4-24(37)35-15-7-8-21(17-35)36-28-25(27(30)31-18-32-28)26(33-36)20-13-11-19(12-14-20)16-34(2)29(38)22-9-5-6-10-23(22)39-3/h4-6,9-14,18,21,29,38H,1,7-8,15-17H2,2-3H3,(H2,30,31,32). The van der Waals surface area contributed by atoms with E-state index in [0.29, 0.717) is 53.5 Å². The third-order valence-electron chi connectivity index (χ3n) is 7.24. The van der Waals surface area contributed by atoms with Crippen molar-refractivity contribution < 1.29 is 14.6 Å². The number of hydrogen-bond donors (Lipinski definition) is 2. The predicted octanol–water partition coefficient (Wildman–Crippen LogP) is 3.56. The first-order valence-corrected chi connectivity index (χ1v) is 12.9. The van der Waals surface area contributed by atoms with Gasteiger partial charge in [0, 0.05) is 30.8 Å². The van der Waals surface area contributed by atoms with Gasteiger partial charge in [-0.15, -0.1) is 0 Å². The fourth-order valence-electron chi connectivity index (χ4n) is 5.20. The molecule has 0 spiro atoms. The van der Waals surface area contributed by atoms with E-state index >= 15 is 0 Å². The van der Waals surface area contributed by atoms with Gasteiger partial charge < -0.3 is 20.5 Å². The number of aliphatic hydroxyl groups excluding tert-OH is 1. The monoisotopic (exact) mass is 527 g/mol. The molecule has 1 amide bonds. The minimum atomic E-state index is -0.819. The summed E-state index contributed by atoms with van der Waals surface area (Å²) in [7, 11) is 3.46. The van der Waals surface area contributed by atoms with Gasteiger partial charge in [-0.3, -0.25) is 9.69 Å². The summed E-state index contributed by atoms with van der Waals surface area (Å²) in [6.07, 6.45) is 3.72. The summed E-state index contributed by atoms with van der Waals surface area (Å²) >= 11 is 0. The van der Waals surface area contributed by atoms with Gasteiger partial charge in [0.1, 0.15) is 29.8 Å². The zero-order chi connectivity index (χ0) is 27.5. The van der Waals surface area contributed by atoms with Crippen LogP contribution >= 0.6 is 0 Å². The van der Waals surface area contributed by atoms with Gasteiger partial charge in [-0.1, -0.05) is 49.0 Å². The lowest BCUT2D eigenvalue weighted by atomic mass is 10.1. The Labute approximate surface area is 227 Å². The van der Waals surface area contributed by atoms with E-state index in [9.17, 15) is 9.90 Å². The van der Waals surface area contributed by atoms with E-state index in [2.05, 4.69) is 16.5 Å². The maximum atomic E-state index is 12.3. The van der Waals surface area contributed by atoms with Gasteiger partial charge >= 0.3 is 0 Å². The van der Waals surface area contributed by atoms with E-state index in [-0.39, 0.29) is 11.9 Å². The molecule has 2 aromatic heterocycles.